The zero-order valence-electron chi connectivity index (χ0n) is 24.9. The molecule has 0 saturated carbocycles. The van der Waals surface area contributed by atoms with Gasteiger partial charge < -0.3 is 34.6 Å². The topological polar surface area (TPSA) is 108 Å². The highest BCUT2D eigenvalue weighted by Crippen LogP contribution is 2.29. The monoisotopic (exact) mass is 582 g/mol. The van der Waals surface area contributed by atoms with Crippen LogP contribution in [0, 0.1) is 0 Å². The highest BCUT2D eigenvalue weighted by molar-refractivity contribution is 6.00. The maximum Gasteiger partial charge on any atom is 0.323 e. The van der Waals surface area contributed by atoms with Crippen LogP contribution in [0.25, 0.3) is 22.4 Å². The fourth-order valence-electron chi connectivity index (χ4n) is 5.76. The van der Waals surface area contributed by atoms with Crippen molar-refractivity contribution in [1.82, 2.24) is 24.3 Å². The van der Waals surface area contributed by atoms with E-state index in [1.807, 2.05) is 48.5 Å². The quantitative estimate of drug-likeness (QED) is 0.349. The Morgan fingerprint density at radius 1 is 0.860 bits per heavy atom. The van der Waals surface area contributed by atoms with Crippen LogP contribution >= 0.6 is 0 Å². The maximum atomic E-state index is 12.9. The normalized spacial score (nSPS) is 16.1. The Bertz CT molecular complexity index is 1590. The highest BCUT2D eigenvalue weighted by Gasteiger charge is 2.25. The second-order valence-corrected chi connectivity index (χ2v) is 11.4. The minimum absolute atomic E-state index is 0.0285. The molecule has 2 saturated heterocycles. The number of anilines is 3. The Balaban J connectivity index is 1.08. The number of likely N-dealkylation sites (tertiary alicyclic amines) is 1. The van der Waals surface area contributed by atoms with E-state index in [1.54, 1.807) is 24.3 Å². The standard InChI is InChI=1S/C32H38N8O3/c1-37(2)26-12-16-40(17-13-26)31(41)23-6-10-25(11-7-23)34-32(42)33-24-8-4-22(5-9-24)29-35-27-14-15-38(3)28(27)30(36-29)39-18-20-43-21-19-39/h4-11,14-15,26H,12-13,16-21H2,1-3H3,(H2,33,34,42). The number of benzene rings is 2. The molecule has 2 N–H and O–H groups in total. The van der Waals surface area contributed by atoms with Gasteiger partial charge in [0.15, 0.2) is 11.6 Å². The Morgan fingerprint density at radius 2 is 1.49 bits per heavy atom. The zero-order chi connectivity index (χ0) is 29.9. The Kier molecular flexibility index (Phi) is 8.26. The number of nitrogens with one attached hydrogen (secondary N) is 2. The number of urea groups is 1. The fraction of sp³-hybridized carbons (Fsp3) is 0.375. The summed E-state index contributed by atoms with van der Waals surface area (Å²) in [5.74, 6) is 1.56. The summed E-state index contributed by atoms with van der Waals surface area (Å²) in [4.78, 5) is 41.8. The number of fused-ring (bicyclic) bond motifs is 1. The van der Waals surface area contributed by atoms with Gasteiger partial charge in [-0.1, -0.05) is 0 Å². The summed E-state index contributed by atoms with van der Waals surface area (Å²) < 4.78 is 7.59. The van der Waals surface area contributed by atoms with Crippen LogP contribution < -0.4 is 15.5 Å². The van der Waals surface area contributed by atoms with Gasteiger partial charge in [-0.25, -0.2) is 14.8 Å². The lowest BCUT2D eigenvalue weighted by molar-refractivity contribution is 0.0663. The molecule has 0 bridgehead atoms. The van der Waals surface area contributed by atoms with Crippen molar-refractivity contribution >= 4 is 40.2 Å². The SMILES string of the molecule is CN(C)C1CCN(C(=O)c2ccc(NC(=O)Nc3ccc(-c4nc(N5CCOCC5)c5c(ccn5C)n4)cc3)cc2)CC1. The summed E-state index contributed by atoms with van der Waals surface area (Å²) in [6, 6.07) is 16.7. The number of morpholine rings is 1. The fourth-order valence-corrected chi connectivity index (χ4v) is 5.76. The molecule has 2 aliphatic heterocycles. The van der Waals surface area contributed by atoms with Gasteiger partial charge in [-0.2, -0.15) is 0 Å². The number of amides is 3. The Morgan fingerprint density at radius 3 is 2.12 bits per heavy atom. The Labute approximate surface area is 251 Å². The molecular weight excluding hydrogens is 544 g/mol. The molecular formula is C32H38N8O3. The van der Waals surface area contributed by atoms with Crippen molar-refractivity contribution in [2.24, 2.45) is 7.05 Å². The van der Waals surface area contributed by atoms with Crippen LogP contribution in [-0.2, 0) is 11.8 Å². The summed E-state index contributed by atoms with van der Waals surface area (Å²) in [5, 5.41) is 5.72. The molecule has 224 valence electrons. The lowest BCUT2D eigenvalue weighted by Crippen LogP contribution is -2.44. The maximum absolute atomic E-state index is 12.9. The van der Waals surface area contributed by atoms with Gasteiger partial charge in [0.2, 0.25) is 0 Å². The first-order valence-corrected chi connectivity index (χ1v) is 14.8. The zero-order valence-corrected chi connectivity index (χ0v) is 24.9. The van der Waals surface area contributed by atoms with E-state index < -0.39 is 0 Å². The summed E-state index contributed by atoms with van der Waals surface area (Å²) in [5.41, 5.74) is 4.62. The van der Waals surface area contributed by atoms with Gasteiger partial charge in [-0.3, -0.25) is 4.79 Å². The molecule has 2 fully saturated rings. The molecule has 2 aliphatic rings. The minimum atomic E-state index is -0.367. The summed E-state index contributed by atoms with van der Waals surface area (Å²) >= 11 is 0. The van der Waals surface area contributed by atoms with Gasteiger partial charge in [0, 0.05) is 68.0 Å². The number of carbonyl (C=O) groups excluding carboxylic acids is 2. The third-order valence-electron chi connectivity index (χ3n) is 8.28. The van der Waals surface area contributed by atoms with Gasteiger partial charge in [-0.15, -0.1) is 0 Å². The number of hydrogen-bond acceptors (Lipinski definition) is 7. The smallest absolute Gasteiger partial charge is 0.323 e. The molecule has 2 aromatic heterocycles. The lowest BCUT2D eigenvalue weighted by atomic mass is 10.0. The number of aromatic nitrogens is 3. The van der Waals surface area contributed by atoms with E-state index in [0.29, 0.717) is 42.0 Å². The number of carbonyl (C=O) groups is 2. The predicted octanol–water partition coefficient (Wildman–Crippen LogP) is 4.28. The first-order valence-electron chi connectivity index (χ1n) is 14.8. The van der Waals surface area contributed by atoms with Crippen LogP contribution in [0.4, 0.5) is 22.0 Å². The molecule has 0 radical (unpaired) electrons. The number of nitrogens with zero attached hydrogens (tertiary/aromatic N) is 6. The average molecular weight is 583 g/mol. The van der Waals surface area contributed by atoms with Crippen LogP contribution in [0.15, 0.2) is 60.8 Å². The Hall–Kier alpha value is -4.48. The van der Waals surface area contributed by atoms with E-state index in [4.69, 9.17) is 14.7 Å². The van der Waals surface area contributed by atoms with Crippen LogP contribution in [-0.4, -0.2) is 95.8 Å². The molecule has 0 aliphatic carbocycles. The molecule has 3 amide bonds. The average Bonchev–Trinajstić information content (AvgIpc) is 3.41. The molecule has 2 aromatic carbocycles. The van der Waals surface area contributed by atoms with E-state index in [1.165, 1.54) is 0 Å². The van der Waals surface area contributed by atoms with Gasteiger partial charge in [0.05, 0.1) is 18.7 Å². The van der Waals surface area contributed by atoms with Crippen molar-refractivity contribution in [1.29, 1.82) is 0 Å². The third kappa shape index (κ3) is 6.32. The highest BCUT2D eigenvalue weighted by atomic mass is 16.5. The van der Waals surface area contributed by atoms with Gasteiger partial charge in [0.25, 0.3) is 5.91 Å². The van der Waals surface area contributed by atoms with E-state index in [9.17, 15) is 9.59 Å². The van der Waals surface area contributed by atoms with Crippen molar-refractivity contribution < 1.29 is 14.3 Å². The van der Waals surface area contributed by atoms with Gasteiger partial charge >= 0.3 is 6.03 Å². The van der Waals surface area contributed by atoms with Gasteiger partial charge in [-0.05, 0) is 81.5 Å². The van der Waals surface area contributed by atoms with Crippen molar-refractivity contribution in [3.05, 3.63) is 66.4 Å². The van der Waals surface area contributed by atoms with Crippen LogP contribution in [0.2, 0.25) is 0 Å². The van der Waals surface area contributed by atoms with Gasteiger partial charge in [0.1, 0.15) is 5.52 Å². The molecule has 11 nitrogen and oxygen atoms in total. The molecule has 0 unspecified atom stereocenters. The second kappa shape index (κ2) is 12.4. The lowest BCUT2D eigenvalue weighted by Gasteiger charge is -2.35. The van der Waals surface area contributed by atoms with E-state index in [2.05, 4.69) is 39.1 Å². The minimum Gasteiger partial charge on any atom is -0.378 e. The second-order valence-electron chi connectivity index (χ2n) is 11.4. The van der Waals surface area contributed by atoms with Crippen molar-refractivity contribution in [2.75, 3.05) is 69.0 Å². The van der Waals surface area contributed by atoms with Crippen LogP contribution in [0.1, 0.15) is 23.2 Å². The molecule has 6 rings (SSSR count). The van der Waals surface area contributed by atoms with E-state index >= 15 is 0 Å². The summed E-state index contributed by atoms with van der Waals surface area (Å²) in [6.45, 7) is 4.42. The van der Waals surface area contributed by atoms with Crippen LogP contribution in [0.3, 0.4) is 0 Å². The van der Waals surface area contributed by atoms with Crippen LogP contribution in [0.5, 0.6) is 0 Å². The van der Waals surface area contributed by atoms with E-state index in [-0.39, 0.29) is 11.9 Å². The predicted molar refractivity (Wildman–Crippen MR) is 169 cm³/mol. The van der Waals surface area contributed by atoms with E-state index in [0.717, 1.165) is 61.4 Å². The number of rotatable bonds is 6. The number of piperidine rings is 1. The van der Waals surface area contributed by atoms with Crippen molar-refractivity contribution in [3.63, 3.8) is 0 Å². The summed E-state index contributed by atoms with van der Waals surface area (Å²) in [6.07, 6.45) is 3.95. The largest absolute Gasteiger partial charge is 0.378 e. The molecule has 0 atom stereocenters. The number of ether oxygens (including phenoxy) is 1. The molecule has 0 spiro atoms. The summed E-state index contributed by atoms with van der Waals surface area (Å²) in [7, 11) is 6.18. The van der Waals surface area contributed by atoms with Crippen molar-refractivity contribution in [3.8, 4) is 11.4 Å². The first-order chi connectivity index (χ1) is 20.9. The third-order valence-corrected chi connectivity index (χ3v) is 8.28. The molecule has 43 heavy (non-hydrogen) atoms. The van der Waals surface area contributed by atoms with Crippen molar-refractivity contribution in [2.45, 2.75) is 18.9 Å². The first kappa shape index (κ1) is 28.6. The molecule has 4 aromatic rings. The molecule has 11 heteroatoms. The molecule has 4 heterocycles. The number of hydrogen-bond donors (Lipinski definition) is 2. The number of aryl methyl sites for hydroxylation is 1.